The van der Waals surface area contributed by atoms with Crippen molar-refractivity contribution in [3.8, 4) is 6.01 Å². The number of hydrogen-bond acceptors (Lipinski definition) is 16. The number of benzene rings is 3. The predicted octanol–water partition coefficient (Wildman–Crippen LogP) is -3.58. The Kier molecular flexibility index (Phi) is 16.1. The molecule has 1 aliphatic rings. The minimum atomic E-state index is -5.01. The van der Waals surface area contributed by atoms with Crippen LogP contribution in [0, 0.1) is 6.07 Å². The molecule has 1 aliphatic carbocycles. The van der Waals surface area contributed by atoms with Crippen molar-refractivity contribution < 1.29 is 109 Å². The molecule has 0 radical (unpaired) electrons. The van der Waals surface area contributed by atoms with E-state index in [4.69, 9.17) is 39.4 Å². The van der Waals surface area contributed by atoms with Gasteiger partial charge < -0.3 is 29.9 Å². The van der Waals surface area contributed by atoms with Gasteiger partial charge in [-0.25, -0.2) is 18.2 Å². The van der Waals surface area contributed by atoms with Crippen LogP contribution in [-0.4, -0.2) is 71.3 Å². The normalized spacial score (nSPS) is 11.3. The van der Waals surface area contributed by atoms with Gasteiger partial charge in [0, 0.05) is 28.8 Å². The quantitative estimate of drug-likeness (QED) is 0.0265. The molecule has 0 saturated carbocycles. The molecule has 0 atom stereocenters. The molecular weight excluding hydrogens is 752 g/mol. The Morgan fingerprint density at radius 1 is 1.00 bits per heavy atom. The monoisotopic (exact) mass is 773 g/mol. The molecule has 0 bridgehead atoms. The minimum absolute atomic E-state index is 0. The molecule has 16 nitrogen and oxygen atoms in total. The number of anilines is 3. The number of ether oxygens (including phenoxy) is 2. The van der Waals surface area contributed by atoms with Gasteiger partial charge in [0.1, 0.15) is 34.9 Å². The van der Waals surface area contributed by atoms with Gasteiger partial charge in [-0.2, -0.15) is 22.1 Å². The zero-order chi connectivity index (χ0) is 36.0. The van der Waals surface area contributed by atoms with Gasteiger partial charge in [-0.15, -0.1) is 12.6 Å². The van der Waals surface area contributed by atoms with Crippen molar-refractivity contribution in [1.82, 2.24) is 15.0 Å². The largest absolute Gasteiger partial charge is 1.00 e. The van der Waals surface area contributed by atoms with Crippen LogP contribution in [-0.2, 0) is 36.7 Å². The number of fused-ring (bicyclic) bond motifs is 2. The predicted molar refractivity (Wildman–Crippen MR) is 169 cm³/mol. The van der Waals surface area contributed by atoms with E-state index < -0.39 is 43.2 Å². The number of ketones is 2. The second-order valence-electron chi connectivity index (χ2n) is 9.93. The maximum absolute atomic E-state index is 13.5. The number of esters is 1. The van der Waals surface area contributed by atoms with Gasteiger partial charge >= 0.3 is 81.7 Å². The Labute approximate surface area is 341 Å². The maximum Gasteiger partial charge on any atom is 1.00 e. The summed E-state index contributed by atoms with van der Waals surface area (Å²) in [7, 11) is -8.12. The maximum atomic E-state index is 13.5. The first kappa shape index (κ1) is 43.6. The zero-order valence-electron chi connectivity index (χ0n) is 27.1. The van der Waals surface area contributed by atoms with Crippen LogP contribution in [0.25, 0.3) is 0 Å². The topological polar surface area (TPSA) is 255 Å². The Hall–Kier alpha value is -3.56. The average molecular weight is 774 g/mol. The fraction of sp³-hybridized carbons (Fsp3) is 0.133. The van der Waals surface area contributed by atoms with E-state index in [2.05, 4.69) is 32.9 Å². The molecule has 0 saturated heterocycles. The zero-order valence-corrected chi connectivity index (χ0v) is 33.4. The van der Waals surface area contributed by atoms with Crippen molar-refractivity contribution >= 4 is 66.9 Å². The Morgan fingerprint density at radius 3 is 2.20 bits per heavy atom. The molecule has 1 aromatic heterocycles. The fourth-order valence-electron chi connectivity index (χ4n) is 4.52. The molecule has 0 fully saturated rings. The van der Waals surface area contributed by atoms with Crippen LogP contribution in [0.15, 0.2) is 65.6 Å². The first-order chi connectivity index (χ1) is 23.1. The van der Waals surface area contributed by atoms with E-state index in [-0.39, 0.29) is 141 Å². The molecule has 1 heterocycles. The van der Waals surface area contributed by atoms with Crippen LogP contribution in [0.1, 0.15) is 50.2 Å². The van der Waals surface area contributed by atoms with Gasteiger partial charge in [-0.05, 0) is 36.2 Å². The third-order valence-corrected chi connectivity index (χ3v) is 7.57. The van der Waals surface area contributed by atoms with E-state index in [1.54, 1.807) is 12.1 Å². The second-order valence-corrected chi connectivity index (χ2v) is 12.0. The SMILES string of the molecule is C=C(C)C(=O)OCCOc1nc(Cl)nc(Cc2ccc(S(=O)(=O)[O-])c(Nc3c[c-]c(N)c4c3C(=O)c3ccccc3C4=O)c2)n1.O=S(=O)=O.[Na+].[Na+]. The van der Waals surface area contributed by atoms with Crippen molar-refractivity contribution in [2.24, 2.45) is 0 Å². The molecule has 3 aromatic carbocycles. The van der Waals surface area contributed by atoms with E-state index in [0.29, 0.717) is 5.56 Å². The van der Waals surface area contributed by atoms with Gasteiger partial charge in [-0.3, -0.25) is 4.79 Å². The third kappa shape index (κ3) is 11.2. The number of halogens is 1. The van der Waals surface area contributed by atoms with Gasteiger partial charge in [0.25, 0.3) is 0 Å². The molecule has 254 valence electrons. The van der Waals surface area contributed by atoms with Gasteiger partial charge in [0.15, 0.2) is 5.78 Å². The smallest absolute Gasteiger partial charge is 0.744 e. The van der Waals surface area contributed by atoms with Gasteiger partial charge in [-0.1, -0.05) is 59.4 Å². The molecule has 3 N–H and O–H groups in total. The van der Waals surface area contributed by atoms with E-state index in [9.17, 15) is 27.4 Å². The summed E-state index contributed by atoms with van der Waals surface area (Å²) in [5.74, 6) is -1.48. The number of carbonyl (C=O) groups is 3. The molecule has 0 aliphatic heterocycles. The number of aromatic nitrogens is 3. The molecular formula is C30H22ClN5Na2O11S2. The number of nitrogens with zero attached hydrogens (tertiary/aromatic N) is 3. The van der Waals surface area contributed by atoms with E-state index >= 15 is 0 Å². The van der Waals surface area contributed by atoms with Crippen LogP contribution in [0.3, 0.4) is 0 Å². The van der Waals surface area contributed by atoms with Gasteiger partial charge in [0.05, 0.1) is 4.90 Å². The fourth-order valence-corrected chi connectivity index (χ4v) is 5.30. The van der Waals surface area contributed by atoms with Crippen molar-refractivity contribution in [3.63, 3.8) is 0 Å². The Bertz CT molecular complexity index is 2250. The van der Waals surface area contributed by atoms with Crippen molar-refractivity contribution in [2.75, 3.05) is 24.3 Å². The number of nitrogens with one attached hydrogen (secondary N) is 1. The number of hydrogen-bond donors (Lipinski definition) is 2. The summed E-state index contributed by atoms with van der Waals surface area (Å²) in [4.78, 5) is 49.8. The summed E-state index contributed by atoms with van der Waals surface area (Å²) < 4.78 is 72.2. The number of carbonyl (C=O) groups excluding carboxylic acids is 3. The van der Waals surface area contributed by atoms with Crippen LogP contribution >= 0.6 is 11.6 Å². The Morgan fingerprint density at radius 2 is 1.61 bits per heavy atom. The molecule has 0 spiro atoms. The van der Waals surface area contributed by atoms with Crippen LogP contribution in [0.5, 0.6) is 6.01 Å². The standard InChI is InChI=1S/C30H23ClN5O8S.2Na.O3S/c1-15(2)28(39)43-11-12-44-30-35-23(34-29(31)36-30)14-16-7-10-22(45(40,41)42)21(13-16)33-20-9-8-19(32)24-25(20)27(38)18-6-4-3-5-17(18)26(24)37;;;1-4(2)3/h3-7,9-10,13,33H,1,11-12,14,32H2,2H3,(H,40,41,42);;;/q-1;2*+1;/p-1. The first-order valence-electron chi connectivity index (χ1n) is 13.6. The second kappa shape index (κ2) is 18.8. The molecule has 5 rings (SSSR count). The van der Waals surface area contributed by atoms with E-state index in [1.807, 2.05) is 0 Å². The first-order valence-corrected chi connectivity index (χ1v) is 16.4. The van der Waals surface area contributed by atoms with Gasteiger partial charge in [0.2, 0.25) is 5.28 Å². The molecule has 21 heteroatoms. The van der Waals surface area contributed by atoms with Crippen molar-refractivity contribution in [1.29, 1.82) is 0 Å². The summed E-state index contributed by atoms with van der Waals surface area (Å²) in [6, 6.07) is 13.9. The summed E-state index contributed by atoms with van der Waals surface area (Å²) in [5, 5.41) is 2.63. The summed E-state index contributed by atoms with van der Waals surface area (Å²) >= 11 is 6.04. The van der Waals surface area contributed by atoms with Crippen LogP contribution in [0.2, 0.25) is 5.28 Å². The molecule has 0 amide bonds. The summed E-state index contributed by atoms with van der Waals surface area (Å²) in [6.07, 6.45) is -0.0200. The molecule has 51 heavy (non-hydrogen) atoms. The minimum Gasteiger partial charge on any atom is -0.744 e. The summed E-state index contributed by atoms with van der Waals surface area (Å²) in [5.41, 5.74) is 6.60. The van der Waals surface area contributed by atoms with E-state index in [1.165, 1.54) is 37.3 Å². The molecule has 0 unspecified atom stereocenters. The van der Waals surface area contributed by atoms with Crippen LogP contribution < -0.4 is 74.9 Å². The number of nitrogen functional groups attached to an aromatic ring is 1. The van der Waals surface area contributed by atoms with E-state index in [0.717, 1.165) is 6.07 Å². The third-order valence-electron chi connectivity index (χ3n) is 6.51. The molecule has 4 aromatic rings. The van der Waals surface area contributed by atoms with Crippen molar-refractivity contribution in [3.05, 3.63) is 106 Å². The van der Waals surface area contributed by atoms with Crippen LogP contribution in [0.4, 0.5) is 17.1 Å². The van der Waals surface area contributed by atoms with Crippen molar-refractivity contribution in [2.45, 2.75) is 18.2 Å². The number of rotatable bonds is 10. The average Bonchev–Trinajstić information content (AvgIpc) is 3.01. The number of nitrogens with two attached hydrogens (primary N) is 1. The summed E-state index contributed by atoms with van der Waals surface area (Å²) in [6.45, 7) is 4.80. The Balaban J connectivity index is 0.00000143.